The Morgan fingerprint density at radius 2 is 1.72 bits per heavy atom. The first kappa shape index (κ1) is 13.1. The van der Waals surface area contributed by atoms with Crippen molar-refractivity contribution < 1.29 is 4.39 Å². The highest BCUT2D eigenvalue weighted by atomic mass is 79.9. The van der Waals surface area contributed by atoms with E-state index in [4.69, 9.17) is 0 Å². The van der Waals surface area contributed by atoms with Gasteiger partial charge < -0.3 is 5.32 Å². The standard InChI is InChI=1S/C15H15BrFN/c1-10-7-13(16)8-11(2)15(10)18-9-12-5-3-4-6-14(12)17/h3-8,18H,9H2,1-2H3. The van der Waals surface area contributed by atoms with Gasteiger partial charge in [-0.3, -0.25) is 0 Å². The van der Waals surface area contributed by atoms with Crippen molar-refractivity contribution in [2.45, 2.75) is 20.4 Å². The Hall–Kier alpha value is -1.35. The normalized spacial score (nSPS) is 10.4. The molecule has 0 spiro atoms. The van der Waals surface area contributed by atoms with Crippen LogP contribution in [-0.2, 0) is 6.54 Å². The lowest BCUT2D eigenvalue weighted by Gasteiger charge is -2.13. The predicted molar refractivity (Wildman–Crippen MR) is 77.3 cm³/mol. The third-order valence-corrected chi connectivity index (χ3v) is 3.37. The summed E-state index contributed by atoms with van der Waals surface area (Å²) in [5.74, 6) is -0.169. The lowest BCUT2D eigenvalue weighted by atomic mass is 10.1. The van der Waals surface area contributed by atoms with E-state index in [1.54, 1.807) is 12.1 Å². The Labute approximate surface area is 115 Å². The van der Waals surface area contributed by atoms with Crippen LogP contribution in [0.1, 0.15) is 16.7 Å². The number of rotatable bonds is 3. The maximum Gasteiger partial charge on any atom is 0.128 e. The van der Waals surface area contributed by atoms with E-state index in [1.807, 2.05) is 19.9 Å². The van der Waals surface area contributed by atoms with Crippen molar-refractivity contribution in [1.82, 2.24) is 0 Å². The molecule has 2 aromatic carbocycles. The number of hydrogen-bond donors (Lipinski definition) is 1. The highest BCUT2D eigenvalue weighted by molar-refractivity contribution is 9.10. The minimum Gasteiger partial charge on any atom is -0.380 e. The fourth-order valence-corrected chi connectivity index (χ4v) is 2.70. The van der Waals surface area contributed by atoms with Crippen LogP contribution in [0.3, 0.4) is 0 Å². The van der Waals surface area contributed by atoms with E-state index in [1.165, 1.54) is 6.07 Å². The molecular weight excluding hydrogens is 293 g/mol. The molecule has 0 amide bonds. The second kappa shape index (κ2) is 5.53. The maximum atomic E-state index is 13.5. The van der Waals surface area contributed by atoms with E-state index in [2.05, 4.69) is 33.4 Å². The minimum absolute atomic E-state index is 0.169. The van der Waals surface area contributed by atoms with Crippen LogP contribution in [-0.4, -0.2) is 0 Å². The quantitative estimate of drug-likeness (QED) is 0.857. The summed E-state index contributed by atoms with van der Waals surface area (Å²) in [5.41, 5.74) is 4.05. The SMILES string of the molecule is Cc1cc(Br)cc(C)c1NCc1ccccc1F. The smallest absolute Gasteiger partial charge is 0.128 e. The van der Waals surface area contributed by atoms with Crippen LogP contribution < -0.4 is 5.32 Å². The maximum absolute atomic E-state index is 13.5. The summed E-state index contributed by atoms with van der Waals surface area (Å²) in [6.07, 6.45) is 0. The van der Waals surface area contributed by atoms with Gasteiger partial charge in [-0.05, 0) is 43.2 Å². The molecule has 0 heterocycles. The summed E-state index contributed by atoms with van der Waals surface area (Å²) in [6, 6.07) is 10.9. The summed E-state index contributed by atoms with van der Waals surface area (Å²) in [7, 11) is 0. The molecule has 18 heavy (non-hydrogen) atoms. The first-order valence-corrected chi connectivity index (χ1v) is 6.61. The number of benzene rings is 2. The molecule has 2 aromatic rings. The Morgan fingerprint density at radius 1 is 1.11 bits per heavy atom. The molecule has 2 rings (SSSR count). The molecule has 0 aliphatic rings. The Morgan fingerprint density at radius 3 is 2.33 bits per heavy atom. The van der Waals surface area contributed by atoms with Crippen LogP contribution in [0.4, 0.5) is 10.1 Å². The van der Waals surface area contributed by atoms with Gasteiger partial charge >= 0.3 is 0 Å². The number of halogens is 2. The number of hydrogen-bond acceptors (Lipinski definition) is 1. The van der Waals surface area contributed by atoms with Crippen molar-refractivity contribution in [2.24, 2.45) is 0 Å². The van der Waals surface area contributed by atoms with Gasteiger partial charge in [0.1, 0.15) is 5.82 Å². The third-order valence-electron chi connectivity index (χ3n) is 2.91. The van der Waals surface area contributed by atoms with Crippen LogP contribution in [0.2, 0.25) is 0 Å². The topological polar surface area (TPSA) is 12.0 Å². The molecule has 1 N–H and O–H groups in total. The average Bonchev–Trinajstić information content (AvgIpc) is 2.30. The summed E-state index contributed by atoms with van der Waals surface area (Å²) in [4.78, 5) is 0. The van der Waals surface area contributed by atoms with Crippen LogP contribution in [0, 0.1) is 19.7 Å². The molecule has 0 radical (unpaired) electrons. The van der Waals surface area contributed by atoms with Crippen molar-refractivity contribution >= 4 is 21.6 Å². The first-order valence-electron chi connectivity index (χ1n) is 5.82. The van der Waals surface area contributed by atoms with E-state index in [-0.39, 0.29) is 5.82 Å². The van der Waals surface area contributed by atoms with Crippen LogP contribution >= 0.6 is 15.9 Å². The molecule has 0 fully saturated rings. The van der Waals surface area contributed by atoms with Gasteiger partial charge in [0, 0.05) is 22.3 Å². The number of anilines is 1. The molecule has 0 aromatic heterocycles. The second-order valence-corrected chi connectivity index (χ2v) is 5.28. The van der Waals surface area contributed by atoms with Crippen molar-refractivity contribution in [3.05, 3.63) is 63.4 Å². The molecule has 0 bridgehead atoms. The zero-order chi connectivity index (χ0) is 13.1. The number of aryl methyl sites for hydroxylation is 2. The Kier molecular flexibility index (Phi) is 4.02. The van der Waals surface area contributed by atoms with Gasteiger partial charge in [-0.2, -0.15) is 0 Å². The molecule has 0 saturated carbocycles. The lowest BCUT2D eigenvalue weighted by molar-refractivity contribution is 0.613. The summed E-state index contributed by atoms with van der Waals surface area (Å²) < 4.78 is 14.6. The van der Waals surface area contributed by atoms with E-state index in [0.29, 0.717) is 12.1 Å². The van der Waals surface area contributed by atoms with Gasteiger partial charge in [0.25, 0.3) is 0 Å². The van der Waals surface area contributed by atoms with Crippen LogP contribution in [0.25, 0.3) is 0 Å². The molecule has 0 atom stereocenters. The Balaban J connectivity index is 2.19. The molecule has 3 heteroatoms. The molecule has 0 unspecified atom stereocenters. The van der Waals surface area contributed by atoms with Crippen LogP contribution in [0.15, 0.2) is 40.9 Å². The lowest BCUT2D eigenvalue weighted by Crippen LogP contribution is -2.04. The fraction of sp³-hybridized carbons (Fsp3) is 0.200. The summed E-state index contributed by atoms with van der Waals surface area (Å²) >= 11 is 3.47. The fourth-order valence-electron chi connectivity index (χ4n) is 2.01. The van der Waals surface area contributed by atoms with Crippen molar-refractivity contribution in [2.75, 3.05) is 5.32 Å². The van der Waals surface area contributed by atoms with E-state index >= 15 is 0 Å². The molecule has 94 valence electrons. The average molecular weight is 308 g/mol. The zero-order valence-electron chi connectivity index (χ0n) is 10.4. The highest BCUT2D eigenvalue weighted by Gasteiger charge is 2.05. The molecular formula is C15H15BrFN. The van der Waals surface area contributed by atoms with Gasteiger partial charge in [0.15, 0.2) is 0 Å². The monoisotopic (exact) mass is 307 g/mol. The molecule has 0 aliphatic heterocycles. The second-order valence-electron chi connectivity index (χ2n) is 4.36. The first-order chi connectivity index (χ1) is 8.58. The molecule has 0 aliphatic carbocycles. The zero-order valence-corrected chi connectivity index (χ0v) is 12.0. The number of nitrogens with one attached hydrogen (secondary N) is 1. The van der Waals surface area contributed by atoms with Gasteiger partial charge in [-0.15, -0.1) is 0 Å². The third kappa shape index (κ3) is 2.91. The predicted octanol–water partition coefficient (Wildman–Crippen LogP) is 4.82. The van der Waals surface area contributed by atoms with Crippen molar-refractivity contribution in [1.29, 1.82) is 0 Å². The largest absolute Gasteiger partial charge is 0.380 e. The summed E-state index contributed by atoms with van der Waals surface area (Å²) in [6.45, 7) is 4.58. The van der Waals surface area contributed by atoms with E-state index in [0.717, 1.165) is 21.3 Å². The van der Waals surface area contributed by atoms with E-state index in [9.17, 15) is 4.39 Å². The van der Waals surface area contributed by atoms with Gasteiger partial charge in [-0.1, -0.05) is 34.1 Å². The Bertz CT molecular complexity index is 543. The van der Waals surface area contributed by atoms with Crippen LogP contribution in [0.5, 0.6) is 0 Å². The highest BCUT2D eigenvalue weighted by Crippen LogP contribution is 2.25. The summed E-state index contributed by atoms with van der Waals surface area (Å²) in [5, 5.41) is 3.30. The van der Waals surface area contributed by atoms with Gasteiger partial charge in [0.05, 0.1) is 0 Å². The van der Waals surface area contributed by atoms with Crippen molar-refractivity contribution in [3.63, 3.8) is 0 Å². The van der Waals surface area contributed by atoms with Gasteiger partial charge in [-0.25, -0.2) is 4.39 Å². The minimum atomic E-state index is -0.169. The van der Waals surface area contributed by atoms with Gasteiger partial charge in [0.2, 0.25) is 0 Å². The molecule has 0 saturated heterocycles. The molecule has 1 nitrogen and oxygen atoms in total. The van der Waals surface area contributed by atoms with E-state index < -0.39 is 0 Å². The van der Waals surface area contributed by atoms with Crippen molar-refractivity contribution in [3.8, 4) is 0 Å².